The van der Waals surface area contributed by atoms with Crippen molar-refractivity contribution in [1.82, 2.24) is 24.8 Å². The molecule has 3 aliphatic rings. The number of hydrogen-bond donors (Lipinski definition) is 1. The van der Waals surface area contributed by atoms with Gasteiger partial charge in [-0.3, -0.25) is 14.7 Å². The summed E-state index contributed by atoms with van der Waals surface area (Å²) < 4.78 is 52.7. The van der Waals surface area contributed by atoms with E-state index in [-0.39, 0.29) is 47.2 Å². The van der Waals surface area contributed by atoms with Gasteiger partial charge in [-0.1, -0.05) is 36.8 Å². The highest BCUT2D eigenvalue weighted by atomic mass is 19.1. The molecular formula is C38H39F3N6O3. The minimum atomic E-state index is -1.24. The first kappa shape index (κ1) is 33.8. The number of aromatic nitrogens is 3. The molecule has 0 spiro atoms. The van der Waals surface area contributed by atoms with Crippen molar-refractivity contribution in [1.29, 1.82) is 0 Å². The third kappa shape index (κ3) is 5.72. The summed E-state index contributed by atoms with van der Waals surface area (Å²) in [6, 6.07) is 7.21. The van der Waals surface area contributed by atoms with Gasteiger partial charge < -0.3 is 19.6 Å². The summed E-state index contributed by atoms with van der Waals surface area (Å²) in [4.78, 5) is 32.1. The van der Waals surface area contributed by atoms with Crippen LogP contribution in [-0.2, 0) is 4.79 Å². The van der Waals surface area contributed by atoms with Gasteiger partial charge in [-0.25, -0.2) is 13.2 Å². The van der Waals surface area contributed by atoms with Crippen LogP contribution in [0, 0.1) is 24.0 Å². The van der Waals surface area contributed by atoms with Crippen LogP contribution in [0.5, 0.6) is 6.01 Å². The molecule has 9 nitrogen and oxygen atoms in total. The van der Waals surface area contributed by atoms with Gasteiger partial charge in [0.25, 0.3) is 0 Å². The van der Waals surface area contributed by atoms with Gasteiger partial charge in [-0.05, 0) is 56.7 Å². The van der Waals surface area contributed by atoms with E-state index in [1.165, 1.54) is 23.2 Å². The average Bonchev–Trinajstić information content (AvgIpc) is 3.57. The van der Waals surface area contributed by atoms with Gasteiger partial charge in [0.2, 0.25) is 5.91 Å². The Kier molecular flexibility index (Phi) is 8.68. The SMILES string of the molecule is C#Cc1c(F)ccc2cccc(-c3ncc4c(N5CCCC(C)(O)C(N(C)C(=O)C=C)C5)nc(OC[C@@]56CCCN5C[C@H](F)C6)nc4c3F)c12. The molecule has 7 rings (SSSR count). The number of likely N-dealkylation sites (N-methyl/N-ethyl adjacent to an activating group) is 1. The number of alkyl halides is 1. The molecule has 3 fully saturated rings. The molecule has 2 unspecified atom stereocenters. The second kappa shape index (κ2) is 12.9. The minimum Gasteiger partial charge on any atom is -0.461 e. The zero-order valence-electron chi connectivity index (χ0n) is 28.1. The van der Waals surface area contributed by atoms with Crippen molar-refractivity contribution >= 4 is 33.4 Å². The van der Waals surface area contributed by atoms with Crippen LogP contribution in [0.3, 0.4) is 0 Å². The van der Waals surface area contributed by atoms with Crippen molar-refractivity contribution in [3.63, 3.8) is 0 Å². The van der Waals surface area contributed by atoms with E-state index in [1.54, 1.807) is 38.2 Å². The van der Waals surface area contributed by atoms with Crippen LogP contribution in [0.4, 0.5) is 19.0 Å². The lowest BCUT2D eigenvalue weighted by atomic mass is 9.91. The van der Waals surface area contributed by atoms with Crippen molar-refractivity contribution in [2.75, 3.05) is 44.7 Å². The molecule has 1 N–H and O–H groups in total. The highest BCUT2D eigenvalue weighted by molar-refractivity contribution is 6.02. The van der Waals surface area contributed by atoms with Crippen LogP contribution in [0.15, 0.2) is 49.2 Å². The van der Waals surface area contributed by atoms with E-state index in [0.29, 0.717) is 54.5 Å². The van der Waals surface area contributed by atoms with Gasteiger partial charge in [0.1, 0.15) is 35.6 Å². The molecule has 5 heterocycles. The lowest BCUT2D eigenvalue weighted by Gasteiger charge is -2.39. The van der Waals surface area contributed by atoms with Gasteiger partial charge in [0.15, 0.2) is 5.82 Å². The Balaban J connectivity index is 1.38. The number of halogens is 3. The average molecular weight is 685 g/mol. The number of amides is 1. The summed E-state index contributed by atoms with van der Waals surface area (Å²) in [5, 5.41) is 12.7. The van der Waals surface area contributed by atoms with Crippen molar-refractivity contribution in [3.8, 4) is 29.6 Å². The van der Waals surface area contributed by atoms with Crippen LogP contribution in [0.25, 0.3) is 32.9 Å². The molecule has 50 heavy (non-hydrogen) atoms. The summed E-state index contributed by atoms with van der Waals surface area (Å²) in [5.41, 5.74) is -1.60. The number of aliphatic hydroxyl groups is 1. The Morgan fingerprint density at radius 2 is 2.00 bits per heavy atom. The minimum absolute atomic E-state index is 0.00393. The highest BCUT2D eigenvalue weighted by Gasteiger charge is 2.49. The molecule has 0 saturated carbocycles. The van der Waals surface area contributed by atoms with Crippen LogP contribution in [-0.4, -0.2) is 99.0 Å². The zero-order chi connectivity index (χ0) is 35.4. The van der Waals surface area contributed by atoms with E-state index in [9.17, 15) is 18.7 Å². The van der Waals surface area contributed by atoms with E-state index in [1.807, 2.05) is 4.90 Å². The number of rotatable bonds is 7. The maximum absolute atomic E-state index is 17.0. The van der Waals surface area contributed by atoms with Crippen LogP contribution < -0.4 is 9.64 Å². The fourth-order valence-corrected chi connectivity index (χ4v) is 8.18. The summed E-state index contributed by atoms with van der Waals surface area (Å²) >= 11 is 0. The van der Waals surface area contributed by atoms with Crippen molar-refractivity contribution < 1.29 is 27.8 Å². The Labute approximate surface area is 288 Å². The number of benzene rings is 2. The summed E-state index contributed by atoms with van der Waals surface area (Å²) in [7, 11) is 1.61. The summed E-state index contributed by atoms with van der Waals surface area (Å²) in [6.45, 7) is 7.12. The molecule has 4 atom stereocenters. The standard InChI is InChI=1S/C38H39F3N6O3/c1-5-25-28(40)13-12-23-10-7-11-26(31(23)25)33-32(41)34-27(19-42-33)35(46-16-8-14-37(3,49)29(21-46)45(4)30(48)6-2)44-36(43-34)50-22-38-15-9-17-47(38)20-24(39)18-38/h1,6-7,10-13,19,24,29,49H,2,8-9,14-18,20-22H2,3-4H3/t24-,29?,37?,38+/m1/s1. The number of pyridine rings is 1. The quantitative estimate of drug-likeness (QED) is 0.204. The van der Waals surface area contributed by atoms with Gasteiger partial charge in [-0.2, -0.15) is 9.97 Å². The highest BCUT2D eigenvalue weighted by Crippen LogP contribution is 2.41. The summed E-state index contributed by atoms with van der Waals surface area (Å²) in [5.74, 6) is 0.977. The number of anilines is 1. The molecule has 3 aliphatic heterocycles. The normalized spacial score (nSPS) is 25.3. The molecule has 260 valence electrons. The number of carbonyl (C=O) groups excluding carboxylic acids is 1. The predicted molar refractivity (Wildman–Crippen MR) is 185 cm³/mol. The molecule has 2 aromatic carbocycles. The third-order valence-corrected chi connectivity index (χ3v) is 10.8. The van der Waals surface area contributed by atoms with Crippen molar-refractivity contribution in [3.05, 3.63) is 66.4 Å². The second-order valence-electron chi connectivity index (χ2n) is 13.9. The summed E-state index contributed by atoms with van der Waals surface area (Å²) in [6.07, 6.45) is 10.4. The number of fused-ring (bicyclic) bond motifs is 3. The van der Waals surface area contributed by atoms with E-state index in [0.717, 1.165) is 19.4 Å². The van der Waals surface area contributed by atoms with E-state index in [2.05, 4.69) is 27.4 Å². The number of nitrogens with zero attached hydrogens (tertiary/aromatic N) is 6. The molecule has 0 radical (unpaired) electrons. The fraction of sp³-hybridized carbons (Fsp3) is 0.421. The number of carbonyl (C=O) groups is 1. The van der Waals surface area contributed by atoms with E-state index >= 15 is 4.39 Å². The molecule has 3 saturated heterocycles. The fourth-order valence-electron chi connectivity index (χ4n) is 8.18. The molecule has 0 bridgehead atoms. The van der Waals surface area contributed by atoms with Gasteiger partial charge >= 0.3 is 6.01 Å². The predicted octanol–water partition coefficient (Wildman–Crippen LogP) is 5.42. The zero-order valence-corrected chi connectivity index (χ0v) is 28.1. The molecule has 2 aromatic heterocycles. The maximum atomic E-state index is 17.0. The number of ether oxygens (including phenoxy) is 1. The van der Waals surface area contributed by atoms with E-state index < -0.39 is 35.0 Å². The Hall–Kier alpha value is -4.73. The second-order valence-corrected chi connectivity index (χ2v) is 13.9. The topological polar surface area (TPSA) is 94.9 Å². The van der Waals surface area contributed by atoms with Gasteiger partial charge in [-0.15, -0.1) is 6.42 Å². The van der Waals surface area contributed by atoms with E-state index in [4.69, 9.17) is 16.1 Å². The number of hydrogen-bond acceptors (Lipinski definition) is 8. The van der Waals surface area contributed by atoms with Crippen LogP contribution in [0.1, 0.15) is 44.6 Å². The molecular weight excluding hydrogens is 645 g/mol. The Bertz CT molecular complexity index is 2050. The molecule has 12 heteroatoms. The molecule has 0 aliphatic carbocycles. The largest absolute Gasteiger partial charge is 0.461 e. The lowest BCUT2D eigenvalue weighted by Crippen LogP contribution is -2.55. The van der Waals surface area contributed by atoms with Gasteiger partial charge in [0.05, 0.1) is 28.1 Å². The maximum Gasteiger partial charge on any atom is 0.319 e. The first-order chi connectivity index (χ1) is 24.0. The van der Waals surface area contributed by atoms with Crippen molar-refractivity contribution in [2.45, 2.75) is 62.4 Å². The Morgan fingerprint density at radius 3 is 2.78 bits per heavy atom. The van der Waals surface area contributed by atoms with Crippen LogP contribution in [0.2, 0.25) is 0 Å². The monoisotopic (exact) mass is 684 g/mol. The lowest BCUT2D eigenvalue weighted by molar-refractivity contribution is -0.132. The first-order valence-electron chi connectivity index (χ1n) is 16.9. The molecule has 1 amide bonds. The number of terminal acetylenes is 1. The van der Waals surface area contributed by atoms with Crippen LogP contribution >= 0.6 is 0 Å². The first-order valence-corrected chi connectivity index (χ1v) is 16.9. The Morgan fingerprint density at radius 1 is 1.20 bits per heavy atom. The molecule has 4 aromatic rings. The third-order valence-electron chi connectivity index (χ3n) is 10.8. The van der Waals surface area contributed by atoms with Gasteiger partial charge in [0, 0.05) is 50.2 Å². The smallest absolute Gasteiger partial charge is 0.319 e. The van der Waals surface area contributed by atoms with Crippen molar-refractivity contribution in [2.24, 2.45) is 0 Å².